The van der Waals surface area contributed by atoms with Gasteiger partial charge in [-0.15, -0.1) is 0 Å². The van der Waals surface area contributed by atoms with Gasteiger partial charge in [-0.1, -0.05) is 20.8 Å². The van der Waals surface area contributed by atoms with E-state index in [-0.39, 0.29) is 12.2 Å². The molecule has 6 heteroatoms. The van der Waals surface area contributed by atoms with E-state index in [1.807, 2.05) is 20.8 Å². The molecule has 100 valence electrons. The van der Waals surface area contributed by atoms with Gasteiger partial charge in [0.1, 0.15) is 0 Å². The van der Waals surface area contributed by atoms with Crippen molar-refractivity contribution in [3.8, 4) is 0 Å². The molecule has 0 aliphatic carbocycles. The van der Waals surface area contributed by atoms with E-state index in [0.717, 1.165) is 0 Å². The molecule has 1 aliphatic rings. The normalized spacial score (nSPS) is 17.1. The Bertz CT molecular complexity index is 416. The smallest absolute Gasteiger partial charge is 0.229 e. The molecule has 0 atom stereocenters. The van der Waals surface area contributed by atoms with E-state index < -0.39 is 5.41 Å². The molecule has 1 fully saturated rings. The predicted molar refractivity (Wildman–Crippen MR) is 66.0 cm³/mol. The van der Waals surface area contributed by atoms with Crippen molar-refractivity contribution in [2.45, 2.75) is 33.6 Å². The van der Waals surface area contributed by atoms with Crippen molar-refractivity contribution in [1.82, 2.24) is 9.78 Å². The highest BCUT2D eigenvalue weighted by molar-refractivity contribution is 5.94. The number of hydrogen-bond acceptors (Lipinski definition) is 4. The fraction of sp³-hybridized carbons (Fsp3) is 0.667. The van der Waals surface area contributed by atoms with Gasteiger partial charge in [0.2, 0.25) is 5.91 Å². The SMILES string of the molecule is CC(C)(C)C(=O)Nc1cnn(CC2OCCO2)c1. The van der Waals surface area contributed by atoms with Crippen molar-refractivity contribution in [3.05, 3.63) is 12.4 Å². The van der Waals surface area contributed by atoms with Crippen LogP contribution in [0, 0.1) is 5.41 Å². The Labute approximate surface area is 106 Å². The fourth-order valence-electron chi connectivity index (χ4n) is 1.51. The number of nitrogens with one attached hydrogen (secondary N) is 1. The van der Waals surface area contributed by atoms with Crippen molar-refractivity contribution in [3.63, 3.8) is 0 Å². The van der Waals surface area contributed by atoms with E-state index in [1.165, 1.54) is 0 Å². The van der Waals surface area contributed by atoms with Crippen LogP contribution in [0.3, 0.4) is 0 Å². The second-order valence-corrected chi connectivity index (χ2v) is 5.33. The molecule has 1 aliphatic heterocycles. The van der Waals surface area contributed by atoms with Crippen LogP contribution in [0.15, 0.2) is 12.4 Å². The maximum Gasteiger partial charge on any atom is 0.229 e. The second-order valence-electron chi connectivity index (χ2n) is 5.33. The van der Waals surface area contributed by atoms with Gasteiger partial charge in [0.05, 0.1) is 31.6 Å². The summed E-state index contributed by atoms with van der Waals surface area (Å²) in [4.78, 5) is 11.8. The average molecular weight is 253 g/mol. The molecule has 1 aromatic heterocycles. The van der Waals surface area contributed by atoms with Crippen molar-refractivity contribution in [2.24, 2.45) is 5.41 Å². The summed E-state index contributed by atoms with van der Waals surface area (Å²) in [6, 6.07) is 0. The van der Waals surface area contributed by atoms with E-state index in [9.17, 15) is 4.79 Å². The van der Waals surface area contributed by atoms with Crippen LogP contribution in [-0.2, 0) is 20.8 Å². The first-order valence-electron chi connectivity index (χ1n) is 6.02. The first-order valence-corrected chi connectivity index (χ1v) is 6.02. The molecule has 18 heavy (non-hydrogen) atoms. The lowest BCUT2D eigenvalue weighted by molar-refractivity contribution is -0.123. The average Bonchev–Trinajstić information content (AvgIpc) is 2.89. The van der Waals surface area contributed by atoms with Crippen molar-refractivity contribution < 1.29 is 14.3 Å². The number of rotatable bonds is 3. The lowest BCUT2D eigenvalue weighted by Crippen LogP contribution is -2.27. The van der Waals surface area contributed by atoms with Gasteiger partial charge in [-0.2, -0.15) is 5.10 Å². The summed E-state index contributed by atoms with van der Waals surface area (Å²) in [6.07, 6.45) is 3.16. The van der Waals surface area contributed by atoms with Crippen molar-refractivity contribution >= 4 is 11.6 Å². The first-order chi connectivity index (χ1) is 8.45. The minimum Gasteiger partial charge on any atom is -0.348 e. The monoisotopic (exact) mass is 253 g/mol. The highest BCUT2D eigenvalue weighted by Gasteiger charge is 2.22. The number of carbonyl (C=O) groups is 1. The molecule has 6 nitrogen and oxygen atoms in total. The van der Waals surface area contributed by atoms with Crippen LogP contribution in [-0.4, -0.2) is 35.2 Å². The quantitative estimate of drug-likeness (QED) is 0.880. The zero-order valence-electron chi connectivity index (χ0n) is 11.0. The van der Waals surface area contributed by atoms with Crippen molar-refractivity contribution in [1.29, 1.82) is 0 Å². The van der Waals surface area contributed by atoms with Gasteiger partial charge >= 0.3 is 0 Å². The summed E-state index contributed by atoms with van der Waals surface area (Å²) in [6.45, 7) is 7.39. The largest absolute Gasteiger partial charge is 0.348 e. The third kappa shape index (κ3) is 3.30. The lowest BCUT2D eigenvalue weighted by Gasteiger charge is -2.16. The lowest BCUT2D eigenvalue weighted by atomic mass is 9.96. The highest BCUT2D eigenvalue weighted by Crippen LogP contribution is 2.17. The standard InChI is InChI=1S/C12H19N3O3/c1-12(2,3)11(16)14-9-6-13-15(7-9)8-10-17-4-5-18-10/h6-7,10H,4-5,8H2,1-3H3,(H,14,16). The zero-order chi connectivity index (χ0) is 13.2. The highest BCUT2D eigenvalue weighted by atomic mass is 16.7. The molecule has 2 rings (SSSR count). The number of nitrogens with zero attached hydrogens (tertiary/aromatic N) is 2. The van der Waals surface area contributed by atoms with Crippen LogP contribution in [0.1, 0.15) is 20.8 Å². The van der Waals surface area contributed by atoms with Crippen LogP contribution in [0.2, 0.25) is 0 Å². The molecule has 1 amide bonds. The molecule has 0 bridgehead atoms. The third-order valence-electron chi connectivity index (χ3n) is 2.60. The summed E-state index contributed by atoms with van der Waals surface area (Å²) in [5, 5.41) is 6.98. The van der Waals surface area contributed by atoms with Gasteiger partial charge in [0.15, 0.2) is 6.29 Å². The number of hydrogen-bond donors (Lipinski definition) is 1. The van der Waals surface area contributed by atoms with Gasteiger partial charge in [0.25, 0.3) is 0 Å². The number of aromatic nitrogens is 2. The van der Waals surface area contributed by atoms with Gasteiger partial charge in [0, 0.05) is 11.6 Å². The summed E-state index contributed by atoms with van der Waals surface area (Å²) in [5.41, 5.74) is 0.271. The van der Waals surface area contributed by atoms with Gasteiger partial charge in [-0.05, 0) is 0 Å². The van der Waals surface area contributed by atoms with E-state index in [4.69, 9.17) is 9.47 Å². The number of carbonyl (C=O) groups excluding carboxylic acids is 1. The fourth-order valence-corrected chi connectivity index (χ4v) is 1.51. The minimum atomic E-state index is -0.417. The molecule has 1 saturated heterocycles. The molecular weight excluding hydrogens is 234 g/mol. The van der Waals surface area contributed by atoms with Crippen LogP contribution < -0.4 is 5.32 Å². The van der Waals surface area contributed by atoms with E-state index in [1.54, 1.807) is 17.1 Å². The molecule has 2 heterocycles. The molecule has 0 aromatic carbocycles. The van der Waals surface area contributed by atoms with Crippen molar-refractivity contribution in [2.75, 3.05) is 18.5 Å². The van der Waals surface area contributed by atoms with E-state index in [0.29, 0.717) is 25.4 Å². The molecule has 0 saturated carbocycles. The Balaban J connectivity index is 1.91. The van der Waals surface area contributed by atoms with Crippen LogP contribution >= 0.6 is 0 Å². The third-order valence-corrected chi connectivity index (χ3v) is 2.60. The Kier molecular flexibility index (Phi) is 3.68. The summed E-state index contributed by atoms with van der Waals surface area (Å²) >= 11 is 0. The second kappa shape index (κ2) is 5.07. The Morgan fingerprint density at radius 1 is 1.50 bits per heavy atom. The Morgan fingerprint density at radius 3 is 2.78 bits per heavy atom. The van der Waals surface area contributed by atoms with Gasteiger partial charge in [-0.25, -0.2) is 0 Å². The molecular formula is C12H19N3O3. The minimum absolute atomic E-state index is 0.0320. The summed E-state index contributed by atoms with van der Waals surface area (Å²) in [7, 11) is 0. The number of anilines is 1. The molecule has 0 radical (unpaired) electrons. The van der Waals surface area contributed by atoms with Gasteiger partial charge < -0.3 is 14.8 Å². The predicted octanol–water partition coefficient (Wildman–Crippen LogP) is 1.24. The van der Waals surface area contributed by atoms with Crippen LogP contribution in [0.4, 0.5) is 5.69 Å². The number of amides is 1. The van der Waals surface area contributed by atoms with Gasteiger partial charge in [-0.3, -0.25) is 9.48 Å². The van der Waals surface area contributed by atoms with E-state index >= 15 is 0 Å². The molecule has 0 spiro atoms. The molecule has 1 N–H and O–H groups in total. The maximum atomic E-state index is 11.8. The summed E-state index contributed by atoms with van der Waals surface area (Å²) < 4.78 is 12.4. The molecule has 1 aromatic rings. The number of ether oxygens (including phenoxy) is 2. The van der Waals surface area contributed by atoms with Crippen LogP contribution in [0.5, 0.6) is 0 Å². The van der Waals surface area contributed by atoms with E-state index in [2.05, 4.69) is 10.4 Å². The zero-order valence-corrected chi connectivity index (χ0v) is 11.0. The Hall–Kier alpha value is -1.40. The summed E-state index contributed by atoms with van der Waals surface area (Å²) in [5.74, 6) is -0.0320. The Morgan fingerprint density at radius 2 is 2.17 bits per heavy atom. The van der Waals surface area contributed by atoms with Crippen LogP contribution in [0.25, 0.3) is 0 Å². The topological polar surface area (TPSA) is 65.4 Å². The maximum absolute atomic E-state index is 11.8. The molecule has 0 unspecified atom stereocenters. The first kappa shape index (κ1) is 13.0.